The Morgan fingerprint density at radius 1 is 1.50 bits per heavy atom. The number of methoxy groups -OCH3 is 1. The Morgan fingerprint density at radius 2 is 2.12 bits per heavy atom. The van der Waals surface area contributed by atoms with Crippen molar-refractivity contribution in [2.45, 2.75) is 12.5 Å². The van der Waals surface area contributed by atoms with Gasteiger partial charge in [-0.2, -0.15) is 0 Å². The first-order chi connectivity index (χ1) is 7.45. The van der Waals surface area contributed by atoms with Crippen LogP contribution in [0.5, 0.6) is 0 Å². The van der Waals surface area contributed by atoms with E-state index in [4.69, 9.17) is 17.3 Å². The van der Waals surface area contributed by atoms with Gasteiger partial charge in [0.1, 0.15) is 17.7 Å². The fraction of sp³-hybridized carbons (Fsp3) is 0.300. The number of rotatable bonds is 3. The Kier molecular flexibility index (Phi) is 4.20. The van der Waals surface area contributed by atoms with E-state index in [1.54, 1.807) is 0 Å². The number of esters is 1. The molecule has 0 aliphatic heterocycles. The second kappa shape index (κ2) is 5.23. The van der Waals surface area contributed by atoms with Gasteiger partial charge in [0.15, 0.2) is 0 Å². The Balaban J connectivity index is 2.89. The van der Waals surface area contributed by atoms with Gasteiger partial charge < -0.3 is 10.5 Å². The van der Waals surface area contributed by atoms with Crippen molar-refractivity contribution >= 4 is 17.6 Å². The number of halogens is 3. The SMILES string of the molecule is COC(=O)[C@@H](N)Cc1cc(F)c(Cl)cc1F. The van der Waals surface area contributed by atoms with E-state index in [0.29, 0.717) is 0 Å². The monoisotopic (exact) mass is 249 g/mol. The first-order valence-corrected chi connectivity index (χ1v) is 4.80. The topological polar surface area (TPSA) is 52.3 Å². The molecule has 0 spiro atoms. The lowest BCUT2D eigenvalue weighted by atomic mass is 10.1. The molecule has 0 heterocycles. The molecule has 0 unspecified atom stereocenters. The third-order valence-electron chi connectivity index (χ3n) is 2.03. The summed E-state index contributed by atoms with van der Waals surface area (Å²) in [4.78, 5) is 11.0. The van der Waals surface area contributed by atoms with Crippen LogP contribution in [0.15, 0.2) is 12.1 Å². The van der Waals surface area contributed by atoms with Crippen molar-refractivity contribution in [3.05, 3.63) is 34.4 Å². The van der Waals surface area contributed by atoms with Gasteiger partial charge in [-0.15, -0.1) is 0 Å². The van der Waals surface area contributed by atoms with E-state index in [2.05, 4.69) is 4.74 Å². The average Bonchev–Trinajstić information content (AvgIpc) is 2.24. The molecule has 2 N–H and O–H groups in total. The standard InChI is InChI=1S/C10H10ClF2NO2/c1-16-10(15)9(14)3-5-2-8(13)6(11)4-7(5)12/h2,4,9H,3,14H2,1H3/t9-/m0/s1. The van der Waals surface area contributed by atoms with Crippen LogP contribution in [-0.4, -0.2) is 19.1 Å². The minimum Gasteiger partial charge on any atom is -0.468 e. The molecule has 1 aromatic rings. The Labute approximate surface area is 96.1 Å². The fourth-order valence-electron chi connectivity index (χ4n) is 1.19. The van der Waals surface area contributed by atoms with Crippen molar-refractivity contribution in [3.63, 3.8) is 0 Å². The van der Waals surface area contributed by atoms with Gasteiger partial charge in [0, 0.05) is 6.42 Å². The second-order valence-electron chi connectivity index (χ2n) is 3.19. The normalized spacial score (nSPS) is 12.3. The minimum absolute atomic E-state index is 0.0141. The van der Waals surface area contributed by atoms with Gasteiger partial charge >= 0.3 is 5.97 Å². The highest BCUT2D eigenvalue weighted by atomic mass is 35.5. The van der Waals surface area contributed by atoms with E-state index < -0.39 is 23.6 Å². The summed E-state index contributed by atoms with van der Waals surface area (Å²) in [6, 6.07) is 0.733. The number of nitrogens with two attached hydrogens (primary N) is 1. The number of benzene rings is 1. The van der Waals surface area contributed by atoms with Crippen LogP contribution in [0.4, 0.5) is 8.78 Å². The summed E-state index contributed by atoms with van der Waals surface area (Å²) in [7, 11) is 1.17. The van der Waals surface area contributed by atoms with Crippen molar-refractivity contribution < 1.29 is 18.3 Å². The largest absolute Gasteiger partial charge is 0.468 e. The van der Waals surface area contributed by atoms with Crippen LogP contribution in [0.2, 0.25) is 5.02 Å². The van der Waals surface area contributed by atoms with Crippen LogP contribution in [0, 0.1) is 11.6 Å². The van der Waals surface area contributed by atoms with E-state index >= 15 is 0 Å². The highest BCUT2D eigenvalue weighted by Crippen LogP contribution is 2.20. The van der Waals surface area contributed by atoms with E-state index in [0.717, 1.165) is 12.1 Å². The molecule has 0 aliphatic rings. The molecule has 1 aromatic carbocycles. The van der Waals surface area contributed by atoms with E-state index in [1.807, 2.05) is 0 Å². The number of carbonyl (C=O) groups excluding carboxylic acids is 1. The summed E-state index contributed by atoms with van der Waals surface area (Å²) < 4.78 is 30.7. The van der Waals surface area contributed by atoms with Gasteiger partial charge in [0.05, 0.1) is 12.1 Å². The van der Waals surface area contributed by atoms with Gasteiger partial charge in [0.25, 0.3) is 0 Å². The second-order valence-corrected chi connectivity index (χ2v) is 3.60. The van der Waals surface area contributed by atoms with Crippen molar-refractivity contribution in [1.82, 2.24) is 0 Å². The summed E-state index contributed by atoms with van der Waals surface area (Å²) in [5.74, 6) is -2.14. The van der Waals surface area contributed by atoms with Crippen LogP contribution >= 0.6 is 11.6 Å². The molecule has 6 heteroatoms. The van der Waals surface area contributed by atoms with Crippen LogP contribution < -0.4 is 5.73 Å². The molecule has 0 amide bonds. The first-order valence-electron chi connectivity index (χ1n) is 4.42. The minimum atomic E-state index is -1.03. The summed E-state index contributed by atoms with van der Waals surface area (Å²) in [6.07, 6.45) is -0.146. The lowest BCUT2D eigenvalue weighted by Gasteiger charge is -2.10. The Bertz CT molecular complexity index is 412. The molecule has 0 aliphatic carbocycles. The summed E-state index contributed by atoms with van der Waals surface area (Å²) in [6.45, 7) is 0. The van der Waals surface area contributed by atoms with Gasteiger partial charge in [-0.1, -0.05) is 11.6 Å². The molecule has 0 bridgehead atoms. The zero-order valence-corrected chi connectivity index (χ0v) is 9.22. The lowest BCUT2D eigenvalue weighted by Crippen LogP contribution is -2.33. The molecule has 1 rings (SSSR count). The van der Waals surface area contributed by atoms with Crippen molar-refractivity contribution in [2.24, 2.45) is 5.73 Å². The lowest BCUT2D eigenvalue weighted by molar-refractivity contribution is -0.142. The van der Waals surface area contributed by atoms with Crippen molar-refractivity contribution in [3.8, 4) is 0 Å². The van der Waals surface area contributed by atoms with Crippen LogP contribution in [0.3, 0.4) is 0 Å². The molecule has 88 valence electrons. The zero-order valence-electron chi connectivity index (χ0n) is 8.47. The van der Waals surface area contributed by atoms with Gasteiger partial charge in [-0.25, -0.2) is 8.78 Å². The van der Waals surface area contributed by atoms with E-state index in [-0.39, 0.29) is 17.0 Å². The number of hydrogen-bond donors (Lipinski definition) is 1. The summed E-state index contributed by atoms with van der Waals surface area (Å²) in [5, 5.41) is -0.312. The molecular formula is C10H10ClF2NO2. The number of carbonyl (C=O) groups is 1. The molecule has 0 fully saturated rings. The zero-order chi connectivity index (χ0) is 12.3. The molecule has 16 heavy (non-hydrogen) atoms. The molecule has 0 saturated heterocycles. The Hall–Kier alpha value is -1.20. The van der Waals surface area contributed by atoms with Crippen molar-refractivity contribution in [2.75, 3.05) is 7.11 Å². The first kappa shape index (κ1) is 12.9. The average molecular weight is 250 g/mol. The molecule has 1 atom stereocenters. The summed E-state index contributed by atoms with van der Waals surface area (Å²) in [5.41, 5.74) is 5.41. The van der Waals surface area contributed by atoms with E-state index in [1.165, 1.54) is 7.11 Å². The molecule has 3 nitrogen and oxygen atoms in total. The van der Waals surface area contributed by atoms with Crippen LogP contribution in [0.1, 0.15) is 5.56 Å². The molecule has 0 radical (unpaired) electrons. The quantitative estimate of drug-likeness (QED) is 0.655. The van der Waals surface area contributed by atoms with Gasteiger partial charge in [0.2, 0.25) is 0 Å². The maximum absolute atomic E-state index is 13.3. The molecule has 0 saturated carbocycles. The Morgan fingerprint density at radius 3 is 2.69 bits per heavy atom. The van der Waals surface area contributed by atoms with Gasteiger partial charge in [-0.05, 0) is 17.7 Å². The van der Waals surface area contributed by atoms with Crippen LogP contribution in [0.25, 0.3) is 0 Å². The van der Waals surface area contributed by atoms with Crippen LogP contribution in [-0.2, 0) is 16.0 Å². The highest BCUT2D eigenvalue weighted by molar-refractivity contribution is 6.30. The summed E-state index contributed by atoms with van der Waals surface area (Å²) >= 11 is 5.37. The highest BCUT2D eigenvalue weighted by Gasteiger charge is 2.17. The maximum Gasteiger partial charge on any atom is 0.322 e. The third-order valence-corrected chi connectivity index (χ3v) is 2.32. The fourth-order valence-corrected chi connectivity index (χ4v) is 1.34. The van der Waals surface area contributed by atoms with E-state index in [9.17, 15) is 13.6 Å². The maximum atomic E-state index is 13.3. The predicted molar refractivity (Wildman–Crippen MR) is 55.1 cm³/mol. The smallest absolute Gasteiger partial charge is 0.322 e. The number of ether oxygens (including phenoxy) is 1. The number of hydrogen-bond acceptors (Lipinski definition) is 3. The molecule has 0 aromatic heterocycles. The third kappa shape index (κ3) is 2.90. The predicted octanol–water partition coefficient (Wildman–Crippen LogP) is 1.66. The van der Waals surface area contributed by atoms with Crippen molar-refractivity contribution in [1.29, 1.82) is 0 Å². The molecular weight excluding hydrogens is 240 g/mol. The van der Waals surface area contributed by atoms with Gasteiger partial charge in [-0.3, -0.25) is 4.79 Å².